The quantitative estimate of drug-likeness (QED) is 0.264. The van der Waals surface area contributed by atoms with Gasteiger partial charge in [0.1, 0.15) is 19.1 Å². The van der Waals surface area contributed by atoms with Crippen LogP contribution in [0.25, 0.3) is 0 Å². The van der Waals surface area contributed by atoms with Gasteiger partial charge in [0.25, 0.3) is 0 Å². The lowest BCUT2D eigenvalue weighted by Gasteiger charge is -2.43. The molecular formula is C31H30O8. The van der Waals surface area contributed by atoms with Crippen LogP contribution in [0.5, 0.6) is 0 Å². The summed E-state index contributed by atoms with van der Waals surface area (Å²) in [5.74, 6) is -6.40. The molecule has 0 spiro atoms. The molecule has 0 bridgehead atoms. The fourth-order valence-corrected chi connectivity index (χ4v) is 5.01. The monoisotopic (exact) mass is 530 g/mol. The summed E-state index contributed by atoms with van der Waals surface area (Å²) in [6.07, 6.45) is -0.431. The molecule has 1 N–H and O–H groups in total. The second kappa shape index (κ2) is 12.0. The molecule has 8 nitrogen and oxygen atoms in total. The van der Waals surface area contributed by atoms with E-state index in [1.807, 2.05) is 24.3 Å². The number of ketones is 1. The van der Waals surface area contributed by atoms with E-state index in [0.29, 0.717) is 5.56 Å². The van der Waals surface area contributed by atoms with Crippen molar-refractivity contribution in [3.63, 3.8) is 0 Å². The van der Waals surface area contributed by atoms with Gasteiger partial charge < -0.3 is 19.3 Å². The first kappa shape index (κ1) is 27.7. The summed E-state index contributed by atoms with van der Waals surface area (Å²) >= 11 is 0. The Bertz CT molecular complexity index is 1320. The Balaban J connectivity index is 1.69. The average Bonchev–Trinajstić information content (AvgIpc) is 2.94. The minimum atomic E-state index is -1.80. The third-order valence-corrected chi connectivity index (χ3v) is 6.94. The highest BCUT2D eigenvalue weighted by molar-refractivity contribution is 6.03. The van der Waals surface area contributed by atoms with E-state index in [0.717, 1.165) is 11.1 Å². The van der Waals surface area contributed by atoms with Crippen molar-refractivity contribution < 1.29 is 38.5 Å². The summed E-state index contributed by atoms with van der Waals surface area (Å²) in [6, 6.07) is 24.1. The van der Waals surface area contributed by atoms with Gasteiger partial charge in [0.2, 0.25) is 0 Å². The average molecular weight is 531 g/mol. The van der Waals surface area contributed by atoms with Crippen molar-refractivity contribution in [3.05, 3.63) is 107 Å². The molecule has 8 heteroatoms. The molecule has 4 atom stereocenters. The Kier molecular flexibility index (Phi) is 8.56. The molecule has 0 aromatic heterocycles. The van der Waals surface area contributed by atoms with Crippen LogP contribution in [0, 0.1) is 11.8 Å². The SMILES string of the molecule is COC(=O)c1ccc([C@@H]2[C@H](C(=O)OCc3ccccc3)C(=O)C[C@](C)(O)[C@@H]2C(=O)OCc2ccccc2)cc1. The lowest BCUT2D eigenvalue weighted by molar-refractivity contribution is -0.174. The van der Waals surface area contributed by atoms with Crippen molar-refractivity contribution in [1.82, 2.24) is 0 Å². The first-order chi connectivity index (χ1) is 18.7. The van der Waals surface area contributed by atoms with Crippen LogP contribution in [0.3, 0.4) is 0 Å². The van der Waals surface area contributed by atoms with Gasteiger partial charge in [-0.25, -0.2) is 4.79 Å². The third-order valence-electron chi connectivity index (χ3n) is 6.94. The number of ether oxygens (including phenoxy) is 3. The molecular weight excluding hydrogens is 500 g/mol. The maximum Gasteiger partial charge on any atom is 0.337 e. The minimum Gasteiger partial charge on any atom is -0.465 e. The maximum absolute atomic E-state index is 13.5. The van der Waals surface area contributed by atoms with Crippen molar-refractivity contribution >= 4 is 23.7 Å². The molecule has 39 heavy (non-hydrogen) atoms. The van der Waals surface area contributed by atoms with Crippen molar-refractivity contribution in [3.8, 4) is 0 Å². The summed E-state index contributed by atoms with van der Waals surface area (Å²) in [6.45, 7) is 1.29. The lowest BCUT2D eigenvalue weighted by Crippen LogP contribution is -2.55. The number of esters is 3. The van der Waals surface area contributed by atoms with Crippen LogP contribution in [0.1, 0.15) is 46.3 Å². The van der Waals surface area contributed by atoms with Crippen molar-refractivity contribution in [1.29, 1.82) is 0 Å². The van der Waals surface area contributed by atoms with Gasteiger partial charge in [0.15, 0.2) is 5.78 Å². The van der Waals surface area contributed by atoms with Crippen LogP contribution in [-0.2, 0) is 41.8 Å². The van der Waals surface area contributed by atoms with E-state index >= 15 is 0 Å². The second-order valence-corrected chi connectivity index (χ2v) is 9.78. The molecule has 202 valence electrons. The normalized spacial score (nSPS) is 22.5. The number of hydrogen-bond donors (Lipinski definition) is 1. The number of rotatable bonds is 8. The van der Waals surface area contributed by atoms with E-state index in [-0.39, 0.29) is 18.8 Å². The highest BCUT2D eigenvalue weighted by atomic mass is 16.5. The predicted octanol–water partition coefficient (Wildman–Crippen LogP) is 4.00. The first-order valence-corrected chi connectivity index (χ1v) is 12.6. The molecule has 1 saturated carbocycles. The van der Waals surface area contributed by atoms with Gasteiger partial charge in [-0.05, 0) is 35.7 Å². The number of Topliss-reactive ketones (excluding diaryl/α,β-unsaturated/α-hetero) is 1. The van der Waals surface area contributed by atoms with Crippen molar-refractivity contribution in [2.45, 2.75) is 38.1 Å². The Hall–Kier alpha value is -4.30. The second-order valence-electron chi connectivity index (χ2n) is 9.78. The van der Waals surface area contributed by atoms with E-state index in [4.69, 9.17) is 14.2 Å². The first-order valence-electron chi connectivity index (χ1n) is 12.6. The molecule has 0 aliphatic heterocycles. The highest BCUT2D eigenvalue weighted by Crippen LogP contribution is 2.47. The van der Waals surface area contributed by atoms with Crippen LogP contribution < -0.4 is 0 Å². The Labute approximate surface area is 226 Å². The van der Waals surface area contributed by atoms with Gasteiger partial charge in [-0.3, -0.25) is 14.4 Å². The minimum absolute atomic E-state index is 0.0443. The molecule has 1 aliphatic carbocycles. The predicted molar refractivity (Wildman–Crippen MR) is 140 cm³/mol. The molecule has 0 amide bonds. The summed E-state index contributed by atoms with van der Waals surface area (Å²) in [5, 5.41) is 11.3. The number of carbonyl (C=O) groups is 4. The Morgan fingerprint density at radius 2 is 1.33 bits per heavy atom. The number of aliphatic hydroxyl groups is 1. The Morgan fingerprint density at radius 1 is 0.821 bits per heavy atom. The van der Waals surface area contributed by atoms with Gasteiger partial charge in [0, 0.05) is 12.3 Å². The summed E-state index contributed by atoms with van der Waals surface area (Å²) in [7, 11) is 1.25. The van der Waals surface area contributed by atoms with Gasteiger partial charge in [-0.1, -0.05) is 72.8 Å². The topological polar surface area (TPSA) is 116 Å². The molecule has 1 aliphatic rings. The van der Waals surface area contributed by atoms with Gasteiger partial charge >= 0.3 is 17.9 Å². The molecule has 3 aromatic carbocycles. The van der Waals surface area contributed by atoms with Crippen molar-refractivity contribution in [2.75, 3.05) is 7.11 Å². The summed E-state index contributed by atoms with van der Waals surface area (Å²) in [4.78, 5) is 52.2. The lowest BCUT2D eigenvalue weighted by atomic mass is 9.61. The number of hydrogen-bond acceptors (Lipinski definition) is 8. The van der Waals surface area contributed by atoms with Crippen LogP contribution in [-0.4, -0.2) is 41.5 Å². The molecule has 0 saturated heterocycles. The van der Waals surface area contributed by atoms with E-state index in [1.165, 1.54) is 26.2 Å². The third kappa shape index (κ3) is 6.41. The van der Waals surface area contributed by atoms with E-state index < -0.39 is 53.5 Å². The van der Waals surface area contributed by atoms with E-state index in [2.05, 4.69) is 0 Å². The van der Waals surface area contributed by atoms with Gasteiger partial charge in [-0.2, -0.15) is 0 Å². The number of methoxy groups -OCH3 is 1. The molecule has 1 fully saturated rings. The van der Waals surface area contributed by atoms with Crippen molar-refractivity contribution in [2.24, 2.45) is 11.8 Å². The molecule has 3 aromatic rings. The summed E-state index contributed by atoms with van der Waals surface area (Å²) in [5.41, 5.74) is 0.335. The standard InChI is InChI=1S/C31H30O8/c1-31(36)17-24(32)26(29(34)38-18-20-9-5-3-6-10-20)25(22-13-15-23(16-14-22)28(33)37-2)27(31)30(35)39-19-21-11-7-4-8-12-21/h3-16,25-27,36H,17-19H2,1-2H3/t25-,26-,27+,31+/m1/s1. The fourth-order valence-electron chi connectivity index (χ4n) is 5.01. The fraction of sp³-hybridized carbons (Fsp3) is 0.290. The summed E-state index contributed by atoms with van der Waals surface area (Å²) < 4.78 is 15.9. The smallest absolute Gasteiger partial charge is 0.337 e. The number of benzene rings is 3. The zero-order chi connectivity index (χ0) is 28.0. The molecule has 0 heterocycles. The van der Waals surface area contributed by atoms with Crippen LogP contribution in [0.4, 0.5) is 0 Å². The van der Waals surface area contributed by atoms with Gasteiger partial charge in [-0.15, -0.1) is 0 Å². The van der Waals surface area contributed by atoms with Crippen LogP contribution in [0.2, 0.25) is 0 Å². The molecule has 4 rings (SSSR count). The van der Waals surface area contributed by atoms with Crippen LogP contribution >= 0.6 is 0 Å². The zero-order valence-corrected chi connectivity index (χ0v) is 21.7. The Morgan fingerprint density at radius 3 is 1.85 bits per heavy atom. The maximum atomic E-state index is 13.5. The van der Waals surface area contributed by atoms with Crippen LogP contribution in [0.15, 0.2) is 84.9 Å². The van der Waals surface area contributed by atoms with E-state index in [1.54, 1.807) is 48.5 Å². The van der Waals surface area contributed by atoms with E-state index in [9.17, 15) is 24.3 Å². The number of carbonyl (C=O) groups excluding carboxylic acids is 4. The molecule has 0 radical (unpaired) electrons. The highest BCUT2D eigenvalue weighted by Gasteiger charge is 2.57. The zero-order valence-electron chi connectivity index (χ0n) is 21.7. The van der Waals surface area contributed by atoms with Gasteiger partial charge in [0.05, 0.1) is 24.2 Å². The largest absolute Gasteiger partial charge is 0.465 e. The molecule has 0 unspecified atom stereocenters.